The van der Waals surface area contributed by atoms with Crippen molar-refractivity contribution in [2.24, 2.45) is 0 Å². The van der Waals surface area contributed by atoms with E-state index in [-0.39, 0.29) is 12.5 Å². The molecule has 3 heteroatoms. The molecule has 1 aliphatic heterocycles. The van der Waals surface area contributed by atoms with Crippen molar-refractivity contribution in [3.8, 4) is 0 Å². The van der Waals surface area contributed by atoms with Gasteiger partial charge in [-0.05, 0) is 12.0 Å². The molecule has 0 saturated carbocycles. The van der Waals surface area contributed by atoms with Crippen LogP contribution in [-0.2, 0) is 9.53 Å². The number of ether oxygens (including phenoxy) is 1. The zero-order valence-corrected chi connectivity index (χ0v) is 9.56. The van der Waals surface area contributed by atoms with E-state index >= 15 is 0 Å². The van der Waals surface area contributed by atoms with E-state index in [1.165, 1.54) is 5.56 Å². The van der Waals surface area contributed by atoms with E-state index in [0.29, 0.717) is 5.92 Å². The van der Waals surface area contributed by atoms with Crippen LogP contribution in [0.4, 0.5) is 0 Å². The molecule has 1 heterocycles. The summed E-state index contributed by atoms with van der Waals surface area (Å²) in [6.45, 7) is 1.87. The second kappa shape index (κ2) is 5.12. The van der Waals surface area contributed by atoms with Gasteiger partial charge in [0.15, 0.2) is 0 Å². The summed E-state index contributed by atoms with van der Waals surface area (Å²) in [5.41, 5.74) is 1.33. The van der Waals surface area contributed by atoms with Crippen LogP contribution < -0.4 is 0 Å². The van der Waals surface area contributed by atoms with E-state index in [0.717, 1.165) is 19.5 Å². The van der Waals surface area contributed by atoms with Gasteiger partial charge in [-0.15, -0.1) is 0 Å². The van der Waals surface area contributed by atoms with Crippen molar-refractivity contribution < 1.29 is 9.53 Å². The minimum absolute atomic E-state index is 0.0981. The number of carbonyl (C=O) groups excluding carboxylic acids is 1. The Kier molecular flexibility index (Phi) is 3.57. The van der Waals surface area contributed by atoms with Gasteiger partial charge in [0, 0.05) is 26.1 Å². The molecule has 1 saturated heterocycles. The summed E-state index contributed by atoms with van der Waals surface area (Å²) in [5, 5.41) is 0. The molecule has 1 atom stereocenters. The number of likely N-dealkylation sites (tertiary alicyclic amines) is 1. The van der Waals surface area contributed by atoms with Crippen LogP contribution >= 0.6 is 0 Å². The molecular formula is C13H17NO2. The van der Waals surface area contributed by atoms with Gasteiger partial charge in [0.2, 0.25) is 5.91 Å². The van der Waals surface area contributed by atoms with Crippen LogP contribution in [-0.4, -0.2) is 37.6 Å². The van der Waals surface area contributed by atoms with Gasteiger partial charge in [0.25, 0.3) is 0 Å². The van der Waals surface area contributed by atoms with E-state index in [1.54, 1.807) is 7.11 Å². The first-order valence-electron chi connectivity index (χ1n) is 5.63. The van der Waals surface area contributed by atoms with Gasteiger partial charge in [0.1, 0.15) is 6.61 Å². The Labute approximate surface area is 96.0 Å². The summed E-state index contributed by atoms with van der Waals surface area (Å²) in [6, 6.07) is 10.4. The number of carbonyl (C=O) groups is 1. The lowest BCUT2D eigenvalue weighted by molar-refractivity contribution is -0.134. The maximum atomic E-state index is 11.6. The summed E-state index contributed by atoms with van der Waals surface area (Å²) >= 11 is 0. The molecule has 1 amide bonds. The van der Waals surface area contributed by atoms with Crippen molar-refractivity contribution in [3.63, 3.8) is 0 Å². The first-order chi connectivity index (χ1) is 7.81. The third-order valence-electron chi connectivity index (χ3n) is 3.08. The molecule has 0 aliphatic carbocycles. The Bertz CT molecular complexity index is 350. The monoisotopic (exact) mass is 219 g/mol. The number of hydrogen-bond donors (Lipinski definition) is 0. The van der Waals surface area contributed by atoms with Gasteiger partial charge in [-0.25, -0.2) is 0 Å². The fraction of sp³-hybridized carbons (Fsp3) is 0.462. The molecule has 86 valence electrons. The Morgan fingerprint density at radius 3 is 2.88 bits per heavy atom. The van der Waals surface area contributed by atoms with Gasteiger partial charge in [-0.1, -0.05) is 30.3 Å². The Morgan fingerprint density at radius 1 is 1.44 bits per heavy atom. The average molecular weight is 219 g/mol. The summed E-state index contributed by atoms with van der Waals surface area (Å²) < 4.78 is 4.87. The highest BCUT2D eigenvalue weighted by Crippen LogP contribution is 2.26. The molecule has 1 fully saturated rings. The van der Waals surface area contributed by atoms with Gasteiger partial charge in [0.05, 0.1) is 0 Å². The zero-order chi connectivity index (χ0) is 11.4. The highest BCUT2D eigenvalue weighted by Gasteiger charge is 2.26. The number of rotatable bonds is 3. The molecule has 0 bridgehead atoms. The fourth-order valence-corrected chi connectivity index (χ4v) is 2.20. The molecule has 16 heavy (non-hydrogen) atoms. The lowest BCUT2D eigenvalue weighted by Crippen LogP contribution is -2.31. The minimum Gasteiger partial charge on any atom is -0.375 e. The van der Waals surface area contributed by atoms with E-state index in [9.17, 15) is 4.79 Å². The molecule has 3 nitrogen and oxygen atoms in total. The van der Waals surface area contributed by atoms with Crippen molar-refractivity contribution in [1.29, 1.82) is 0 Å². The fourth-order valence-electron chi connectivity index (χ4n) is 2.20. The highest BCUT2D eigenvalue weighted by molar-refractivity contribution is 5.77. The van der Waals surface area contributed by atoms with Crippen LogP contribution in [0.2, 0.25) is 0 Å². The smallest absolute Gasteiger partial charge is 0.248 e. The van der Waals surface area contributed by atoms with E-state index in [4.69, 9.17) is 4.74 Å². The summed E-state index contributed by atoms with van der Waals surface area (Å²) in [4.78, 5) is 13.5. The Balaban J connectivity index is 1.96. The minimum atomic E-state index is 0.0981. The molecule has 2 rings (SSSR count). The van der Waals surface area contributed by atoms with Crippen LogP contribution in [0.5, 0.6) is 0 Å². The largest absolute Gasteiger partial charge is 0.375 e. The molecule has 1 aliphatic rings. The third kappa shape index (κ3) is 2.42. The van der Waals surface area contributed by atoms with Crippen molar-refractivity contribution in [2.75, 3.05) is 26.8 Å². The van der Waals surface area contributed by atoms with Crippen LogP contribution in [0.25, 0.3) is 0 Å². The predicted octanol–water partition coefficient (Wildman–Crippen LogP) is 1.65. The van der Waals surface area contributed by atoms with Crippen LogP contribution in [0.3, 0.4) is 0 Å². The van der Waals surface area contributed by atoms with Crippen molar-refractivity contribution in [1.82, 2.24) is 4.90 Å². The highest BCUT2D eigenvalue weighted by atomic mass is 16.5. The normalized spacial score (nSPS) is 20.1. The van der Waals surface area contributed by atoms with Crippen molar-refractivity contribution in [2.45, 2.75) is 12.3 Å². The number of hydrogen-bond acceptors (Lipinski definition) is 2. The average Bonchev–Trinajstić information content (AvgIpc) is 2.80. The number of methoxy groups -OCH3 is 1. The topological polar surface area (TPSA) is 29.5 Å². The number of nitrogens with zero attached hydrogens (tertiary/aromatic N) is 1. The molecule has 1 aromatic carbocycles. The number of benzene rings is 1. The Hall–Kier alpha value is -1.35. The zero-order valence-electron chi connectivity index (χ0n) is 9.56. The molecule has 0 unspecified atom stereocenters. The van der Waals surface area contributed by atoms with Gasteiger partial charge in [-0.3, -0.25) is 4.79 Å². The molecule has 0 radical (unpaired) electrons. The first-order valence-corrected chi connectivity index (χ1v) is 5.63. The van der Waals surface area contributed by atoms with Crippen molar-refractivity contribution >= 4 is 5.91 Å². The van der Waals surface area contributed by atoms with E-state index in [2.05, 4.69) is 24.3 Å². The second-order valence-corrected chi connectivity index (χ2v) is 4.17. The lowest BCUT2D eigenvalue weighted by atomic mass is 9.99. The van der Waals surface area contributed by atoms with Gasteiger partial charge in [-0.2, -0.15) is 0 Å². The lowest BCUT2D eigenvalue weighted by Gasteiger charge is -2.16. The molecular weight excluding hydrogens is 202 g/mol. The van der Waals surface area contributed by atoms with Crippen LogP contribution in [0.15, 0.2) is 30.3 Å². The summed E-state index contributed by atoms with van der Waals surface area (Å²) in [5.74, 6) is 0.586. The van der Waals surface area contributed by atoms with Crippen molar-refractivity contribution in [3.05, 3.63) is 35.9 Å². The van der Waals surface area contributed by atoms with Gasteiger partial charge < -0.3 is 9.64 Å². The Morgan fingerprint density at radius 2 is 2.19 bits per heavy atom. The number of amides is 1. The molecule has 0 N–H and O–H groups in total. The van der Waals surface area contributed by atoms with Gasteiger partial charge >= 0.3 is 0 Å². The molecule has 1 aromatic rings. The first kappa shape index (κ1) is 11.1. The second-order valence-electron chi connectivity index (χ2n) is 4.17. The molecule has 0 aromatic heterocycles. The third-order valence-corrected chi connectivity index (χ3v) is 3.08. The maximum Gasteiger partial charge on any atom is 0.248 e. The van der Waals surface area contributed by atoms with E-state index in [1.807, 2.05) is 11.0 Å². The maximum absolute atomic E-state index is 11.6. The molecule has 0 spiro atoms. The van der Waals surface area contributed by atoms with Crippen LogP contribution in [0.1, 0.15) is 17.9 Å². The summed E-state index contributed by atoms with van der Waals surface area (Å²) in [6.07, 6.45) is 1.06. The quantitative estimate of drug-likeness (QED) is 0.773. The standard InChI is InChI=1S/C13H17NO2/c1-16-10-13(15)14-8-7-12(9-14)11-5-3-2-4-6-11/h2-6,12H,7-10H2,1H3/t12-/m0/s1. The predicted molar refractivity (Wildman–Crippen MR) is 62.3 cm³/mol. The summed E-state index contributed by atoms with van der Waals surface area (Å²) in [7, 11) is 1.56. The van der Waals surface area contributed by atoms with Crippen LogP contribution in [0, 0.1) is 0 Å². The van der Waals surface area contributed by atoms with E-state index < -0.39 is 0 Å². The SMILES string of the molecule is COCC(=O)N1CC[C@H](c2ccccc2)C1.